The van der Waals surface area contributed by atoms with Crippen LogP contribution in [0.4, 0.5) is 4.79 Å². The van der Waals surface area contributed by atoms with Crippen LogP contribution in [0.1, 0.15) is 25.7 Å². The molecule has 0 radical (unpaired) electrons. The molecule has 92 valence electrons. The Hall–Kier alpha value is -1.26. The number of rotatable bonds is 2. The molecule has 1 aliphatic carbocycles. The largest absolute Gasteiger partial charge is 0.349 e. The summed E-state index contributed by atoms with van der Waals surface area (Å²) < 4.78 is 0. The highest BCUT2D eigenvalue weighted by Gasteiger charge is 2.32. The van der Waals surface area contributed by atoms with E-state index in [-0.39, 0.29) is 23.9 Å². The maximum absolute atomic E-state index is 11.9. The van der Waals surface area contributed by atoms with Crippen molar-refractivity contribution in [3.05, 3.63) is 0 Å². The second-order valence-corrected chi connectivity index (χ2v) is 4.45. The van der Waals surface area contributed by atoms with Gasteiger partial charge in [-0.2, -0.15) is 0 Å². The third kappa shape index (κ3) is 3.12. The van der Waals surface area contributed by atoms with Crippen molar-refractivity contribution in [1.29, 1.82) is 0 Å². The van der Waals surface area contributed by atoms with Crippen LogP contribution in [0.2, 0.25) is 0 Å². The molecule has 0 aromatic heterocycles. The number of nitrogens with one attached hydrogen (secondary N) is 2. The predicted molar refractivity (Wildman–Crippen MR) is 62.0 cm³/mol. The molecule has 5 heteroatoms. The fourth-order valence-corrected chi connectivity index (χ4v) is 2.17. The van der Waals surface area contributed by atoms with Gasteiger partial charge in [0.15, 0.2) is 0 Å². The highest BCUT2D eigenvalue weighted by molar-refractivity contribution is 5.81. The van der Waals surface area contributed by atoms with Crippen molar-refractivity contribution in [2.24, 2.45) is 5.92 Å². The van der Waals surface area contributed by atoms with Gasteiger partial charge in [0, 0.05) is 27.2 Å². The first-order valence-electron chi connectivity index (χ1n) is 5.75. The molecule has 1 fully saturated rings. The van der Waals surface area contributed by atoms with Crippen LogP contribution >= 0.6 is 0 Å². The van der Waals surface area contributed by atoms with Crippen molar-refractivity contribution in [2.45, 2.75) is 31.7 Å². The lowest BCUT2D eigenvalue weighted by molar-refractivity contribution is -0.134. The lowest BCUT2D eigenvalue weighted by Crippen LogP contribution is -2.50. The first kappa shape index (κ1) is 12.8. The first-order chi connectivity index (χ1) is 7.56. The third-order valence-corrected chi connectivity index (χ3v) is 3.07. The Labute approximate surface area is 96.6 Å². The smallest absolute Gasteiger partial charge is 0.314 e. The van der Waals surface area contributed by atoms with E-state index in [0.29, 0.717) is 0 Å². The zero-order valence-electron chi connectivity index (χ0n) is 10.2. The molecule has 0 unspecified atom stereocenters. The topological polar surface area (TPSA) is 61.4 Å². The fraction of sp³-hybridized carbons (Fsp3) is 0.818. The van der Waals surface area contributed by atoms with Crippen molar-refractivity contribution in [3.63, 3.8) is 0 Å². The maximum atomic E-state index is 11.9. The van der Waals surface area contributed by atoms with E-state index in [2.05, 4.69) is 10.6 Å². The highest BCUT2D eigenvalue weighted by atomic mass is 16.2. The average Bonchev–Trinajstić information content (AvgIpc) is 2.28. The monoisotopic (exact) mass is 227 g/mol. The lowest BCUT2D eigenvalue weighted by Gasteiger charge is -2.32. The van der Waals surface area contributed by atoms with Crippen LogP contribution < -0.4 is 10.6 Å². The van der Waals surface area contributed by atoms with Gasteiger partial charge in [-0.25, -0.2) is 4.79 Å². The minimum Gasteiger partial charge on any atom is -0.349 e. The summed E-state index contributed by atoms with van der Waals surface area (Å²) in [5.41, 5.74) is 0. The molecular weight excluding hydrogens is 206 g/mol. The minimum absolute atomic E-state index is 0.0244. The number of carbonyl (C=O) groups excluding carboxylic acids is 2. The normalized spacial score (nSPS) is 24.7. The minimum atomic E-state index is -0.205. The van der Waals surface area contributed by atoms with Crippen LogP contribution in [0.5, 0.6) is 0 Å². The lowest BCUT2D eigenvalue weighted by atomic mass is 9.83. The predicted octanol–water partition coefficient (Wildman–Crippen LogP) is 0.562. The number of amides is 3. The Balaban J connectivity index is 2.63. The molecule has 1 saturated carbocycles. The van der Waals surface area contributed by atoms with Gasteiger partial charge in [-0.1, -0.05) is 12.8 Å². The second-order valence-electron chi connectivity index (χ2n) is 4.45. The third-order valence-electron chi connectivity index (χ3n) is 3.07. The molecule has 0 aliphatic heterocycles. The van der Waals surface area contributed by atoms with Gasteiger partial charge < -0.3 is 15.5 Å². The molecule has 3 amide bonds. The van der Waals surface area contributed by atoms with Crippen molar-refractivity contribution in [1.82, 2.24) is 15.5 Å². The zero-order valence-corrected chi connectivity index (χ0v) is 10.2. The van der Waals surface area contributed by atoms with Crippen LogP contribution in [0, 0.1) is 5.92 Å². The number of nitrogens with zero attached hydrogens (tertiary/aromatic N) is 1. The molecule has 16 heavy (non-hydrogen) atoms. The molecule has 0 heterocycles. The second kappa shape index (κ2) is 5.72. The van der Waals surface area contributed by atoms with Crippen molar-refractivity contribution in [3.8, 4) is 0 Å². The molecule has 0 aromatic carbocycles. The molecule has 2 N–H and O–H groups in total. The fourth-order valence-electron chi connectivity index (χ4n) is 2.17. The summed E-state index contributed by atoms with van der Waals surface area (Å²) in [6.07, 6.45) is 3.89. The number of hydrogen-bond donors (Lipinski definition) is 2. The Bertz CT molecular complexity index is 266. The van der Waals surface area contributed by atoms with E-state index in [9.17, 15) is 9.59 Å². The molecule has 0 bridgehead atoms. The van der Waals surface area contributed by atoms with E-state index in [1.807, 2.05) is 0 Å². The molecule has 5 nitrogen and oxygen atoms in total. The van der Waals surface area contributed by atoms with E-state index in [1.165, 1.54) is 0 Å². The standard InChI is InChI=1S/C11H21N3O2/c1-12-11(16)13-9-7-5-4-6-8(9)10(15)14(2)3/h8-9H,4-7H2,1-3H3,(H2,12,13,16)/t8-,9-/m1/s1. The summed E-state index contributed by atoms with van der Waals surface area (Å²) >= 11 is 0. The molecule has 1 rings (SSSR count). The molecule has 0 saturated heterocycles. The van der Waals surface area contributed by atoms with Gasteiger partial charge in [0.25, 0.3) is 0 Å². The van der Waals surface area contributed by atoms with Crippen LogP contribution in [0.25, 0.3) is 0 Å². The van der Waals surface area contributed by atoms with Crippen LogP contribution in [0.3, 0.4) is 0 Å². The zero-order chi connectivity index (χ0) is 12.1. The molecule has 1 aliphatic rings. The summed E-state index contributed by atoms with van der Waals surface area (Å²) in [5, 5.41) is 5.38. The Morgan fingerprint density at radius 2 is 1.81 bits per heavy atom. The van der Waals surface area contributed by atoms with Gasteiger partial charge in [-0.3, -0.25) is 4.79 Å². The van der Waals surface area contributed by atoms with E-state index in [4.69, 9.17) is 0 Å². The van der Waals surface area contributed by atoms with E-state index in [1.54, 1.807) is 26.0 Å². The Morgan fingerprint density at radius 3 is 2.38 bits per heavy atom. The summed E-state index contributed by atoms with van der Waals surface area (Å²) in [4.78, 5) is 24.8. The SMILES string of the molecule is CNC(=O)N[C@@H]1CCCC[C@H]1C(=O)N(C)C. The van der Waals surface area contributed by atoms with E-state index >= 15 is 0 Å². The molecule has 2 atom stereocenters. The van der Waals surface area contributed by atoms with Crippen molar-refractivity contribution >= 4 is 11.9 Å². The number of urea groups is 1. The van der Waals surface area contributed by atoms with Gasteiger partial charge in [-0.15, -0.1) is 0 Å². The van der Waals surface area contributed by atoms with E-state index in [0.717, 1.165) is 25.7 Å². The highest BCUT2D eigenvalue weighted by Crippen LogP contribution is 2.25. The van der Waals surface area contributed by atoms with Crippen molar-refractivity contribution < 1.29 is 9.59 Å². The van der Waals surface area contributed by atoms with Crippen LogP contribution in [-0.2, 0) is 4.79 Å². The van der Waals surface area contributed by atoms with Crippen molar-refractivity contribution in [2.75, 3.05) is 21.1 Å². The van der Waals surface area contributed by atoms with E-state index < -0.39 is 0 Å². The number of carbonyl (C=O) groups is 2. The van der Waals surface area contributed by atoms with Gasteiger partial charge in [0.2, 0.25) is 5.91 Å². The average molecular weight is 227 g/mol. The van der Waals surface area contributed by atoms with Gasteiger partial charge >= 0.3 is 6.03 Å². The number of hydrogen-bond acceptors (Lipinski definition) is 2. The Morgan fingerprint density at radius 1 is 1.19 bits per heavy atom. The molecule has 0 aromatic rings. The molecule has 0 spiro atoms. The molecular formula is C11H21N3O2. The summed E-state index contributed by atoms with van der Waals surface area (Å²) in [6, 6.07) is -0.230. The maximum Gasteiger partial charge on any atom is 0.314 e. The quantitative estimate of drug-likeness (QED) is 0.724. The Kier molecular flexibility index (Phi) is 4.58. The first-order valence-corrected chi connectivity index (χ1v) is 5.75. The summed E-state index contributed by atoms with van der Waals surface area (Å²) in [5.74, 6) is 0.0437. The van der Waals surface area contributed by atoms with Gasteiger partial charge in [0.1, 0.15) is 0 Å². The summed E-state index contributed by atoms with van der Waals surface area (Å²) in [6.45, 7) is 0. The summed E-state index contributed by atoms with van der Waals surface area (Å²) in [7, 11) is 5.10. The van der Waals surface area contributed by atoms with Gasteiger partial charge in [0.05, 0.1) is 5.92 Å². The van der Waals surface area contributed by atoms with Crippen LogP contribution in [0.15, 0.2) is 0 Å². The van der Waals surface area contributed by atoms with Crippen LogP contribution in [-0.4, -0.2) is 44.0 Å². The van der Waals surface area contributed by atoms with Gasteiger partial charge in [-0.05, 0) is 12.8 Å².